The number of nitrogens with one attached hydrogen (secondary N) is 1. The summed E-state index contributed by atoms with van der Waals surface area (Å²) in [6.45, 7) is 2.01. The second-order valence-corrected chi connectivity index (χ2v) is 7.47. The number of halogens is 1. The number of fused-ring (bicyclic) bond motifs is 1. The summed E-state index contributed by atoms with van der Waals surface area (Å²) in [5.41, 5.74) is 4.24. The van der Waals surface area contributed by atoms with Crippen LogP contribution in [0, 0.1) is 6.92 Å². The summed E-state index contributed by atoms with van der Waals surface area (Å²) in [6.07, 6.45) is 4.81. The zero-order valence-corrected chi connectivity index (χ0v) is 15.6. The largest absolute Gasteiger partial charge is 0.321 e. The number of carbonyl (C=O) groups excluding carboxylic acids is 1. The fraction of sp³-hybridized carbons (Fsp3) is 0.316. The highest BCUT2D eigenvalue weighted by molar-refractivity contribution is 9.10. The van der Waals surface area contributed by atoms with Crippen molar-refractivity contribution in [1.29, 1.82) is 0 Å². The number of aryl methyl sites for hydroxylation is 1. The van der Waals surface area contributed by atoms with Gasteiger partial charge in [0.05, 0.1) is 17.2 Å². The standard InChI is InChI=1S/C19H19BrN4O/c1-12-6-8-16(15(20)10-12)21-19(25)13-7-9-18-17(11-13)22-23-24(18)14-4-2-3-5-14/h6-11,14H,2-5H2,1H3,(H,21,25). The minimum absolute atomic E-state index is 0.151. The molecule has 1 N–H and O–H groups in total. The van der Waals surface area contributed by atoms with Crippen molar-refractivity contribution < 1.29 is 4.79 Å². The Bertz CT molecular complexity index is 944. The van der Waals surface area contributed by atoms with Crippen LogP contribution in [0.1, 0.15) is 47.6 Å². The van der Waals surface area contributed by atoms with E-state index in [9.17, 15) is 4.79 Å². The van der Waals surface area contributed by atoms with Crippen LogP contribution in [0.3, 0.4) is 0 Å². The molecule has 0 bridgehead atoms. The fourth-order valence-electron chi connectivity index (χ4n) is 3.42. The SMILES string of the molecule is Cc1ccc(NC(=O)c2ccc3c(c2)nnn3C2CCCC2)c(Br)c1. The number of anilines is 1. The van der Waals surface area contributed by atoms with E-state index in [1.54, 1.807) is 0 Å². The highest BCUT2D eigenvalue weighted by Gasteiger charge is 2.20. The normalized spacial score (nSPS) is 15.0. The van der Waals surface area contributed by atoms with Crippen LogP contribution in [-0.4, -0.2) is 20.9 Å². The molecule has 1 aromatic heterocycles. The molecule has 0 atom stereocenters. The van der Waals surface area contributed by atoms with Gasteiger partial charge in [0.1, 0.15) is 5.52 Å². The van der Waals surface area contributed by atoms with Crippen molar-refractivity contribution in [2.45, 2.75) is 38.6 Å². The number of hydrogen-bond acceptors (Lipinski definition) is 3. The monoisotopic (exact) mass is 398 g/mol. The van der Waals surface area contributed by atoms with Gasteiger partial charge in [-0.15, -0.1) is 5.10 Å². The summed E-state index contributed by atoms with van der Waals surface area (Å²) in [4.78, 5) is 12.6. The number of hydrogen-bond donors (Lipinski definition) is 1. The summed E-state index contributed by atoms with van der Waals surface area (Å²) >= 11 is 3.49. The predicted octanol–water partition coefficient (Wildman–Crippen LogP) is 4.87. The van der Waals surface area contributed by atoms with E-state index >= 15 is 0 Å². The van der Waals surface area contributed by atoms with Crippen LogP contribution in [0.15, 0.2) is 40.9 Å². The maximum absolute atomic E-state index is 12.6. The van der Waals surface area contributed by atoms with Gasteiger partial charge in [-0.25, -0.2) is 4.68 Å². The number of rotatable bonds is 3. The molecule has 1 heterocycles. The molecule has 1 aliphatic carbocycles. The van der Waals surface area contributed by atoms with E-state index in [2.05, 4.69) is 31.6 Å². The molecule has 5 nitrogen and oxygen atoms in total. The first kappa shape index (κ1) is 16.3. The topological polar surface area (TPSA) is 59.8 Å². The molecular formula is C19H19BrN4O. The predicted molar refractivity (Wildman–Crippen MR) is 102 cm³/mol. The van der Waals surface area contributed by atoms with Gasteiger partial charge in [0.25, 0.3) is 5.91 Å². The molecule has 1 aliphatic rings. The molecule has 0 saturated heterocycles. The van der Waals surface area contributed by atoms with Crippen LogP contribution in [-0.2, 0) is 0 Å². The van der Waals surface area contributed by atoms with Gasteiger partial charge in [0.15, 0.2) is 0 Å². The minimum atomic E-state index is -0.151. The van der Waals surface area contributed by atoms with Crippen molar-refractivity contribution in [3.63, 3.8) is 0 Å². The molecular weight excluding hydrogens is 380 g/mol. The Morgan fingerprint density at radius 3 is 2.76 bits per heavy atom. The number of amides is 1. The average molecular weight is 399 g/mol. The first-order chi connectivity index (χ1) is 12.1. The third-order valence-electron chi connectivity index (χ3n) is 4.78. The summed E-state index contributed by atoms with van der Waals surface area (Å²) in [6, 6.07) is 11.9. The number of aromatic nitrogens is 3. The molecule has 3 aromatic rings. The number of nitrogens with zero attached hydrogens (tertiary/aromatic N) is 3. The van der Waals surface area contributed by atoms with E-state index in [-0.39, 0.29) is 5.91 Å². The lowest BCUT2D eigenvalue weighted by atomic mass is 10.1. The van der Waals surface area contributed by atoms with Gasteiger partial charge >= 0.3 is 0 Å². The van der Waals surface area contributed by atoms with Crippen molar-refractivity contribution in [3.8, 4) is 0 Å². The molecule has 25 heavy (non-hydrogen) atoms. The number of carbonyl (C=O) groups is 1. The van der Waals surface area contributed by atoms with E-state index < -0.39 is 0 Å². The van der Waals surface area contributed by atoms with Gasteiger partial charge in [-0.2, -0.15) is 0 Å². The third-order valence-corrected chi connectivity index (χ3v) is 5.43. The van der Waals surface area contributed by atoms with Gasteiger partial charge in [-0.3, -0.25) is 4.79 Å². The first-order valence-electron chi connectivity index (χ1n) is 8.54. The van der Waals surface area contributed by atoms with E-state index in [4.69, 9.17) is 0 Å². The molecule has 4 rings (SSSR count). The minimum Gasteiger partial charge on any atom is -0.321 e. The van der Waals surface area contributed by atoms with Crippen molar-refractivity contribution in [2.24, 2.45) is 0 Å². The Kier molecular flexibility index (Phi) is 4.29. The van der Waals surface area contributed by atoms with Gasteiger partial charge in [-0.05, 0) is 71.6 Å². The van der Waals surface area contributed by atoms with Crippen LogP contribution in [0.5, 0.6) is 0 Å². The second-order valence-electron chi connectivity index (χ2n) is 6.61. The fourth-order valence-corrected chi connectivity index (χ4v) is 4.01. The Labute approximate surface area is 154 Å². The van der Waals surface area contributed by atoms with Crippen molar-refractivity contribution in [3.05, 3.63) is 52.0 Å². The Balaban J connectivity index is 1.59. The first-order valence-corrected chi connectivity index (χ1v) is 9.33. The van der Waals surface area contributed by atoms with Crippen molar-refractivity contribution in [2.75, 3.05) is 5.32 Å². The average Bonchev–Trinajstić information content (AvgIpc) is 3.25. The maximum atomic E-state index is 12.6. The van der Waals surface area contributed by atoms with Crippen LogP contribution < -0.4 is 5.32 Å². The third kappa shape index (κ3) is 3.18. The molecule has 0 aliphatic heterocycles. The zero-order valence-electron chi connectivity index (χ0n) is 14.0. The lowest BCUT2D eigenvalue weighted by Gasteiger charge is -2.10. The molecule has 0 spiro atoms. The molecule has 1 saturated carbocycles. The van der Waals surface area contributed by atoms with Crippen LogP contribution in [0.25, 0.3) is 11.0 Å². The molecule has 2 aromatic carbocycles. The highest BCUT2D eigenvalue weighted by atomic mass is 79.9. The van der Waals surface area contributed by atoms with Gasteiger partial charge in [0, 0.05) is 10.0 Å². The van der Waals surface area contributed by atoms with Gasteiger partial charge in [-0.1, -0.05) is 24.1 Å². The summed E-state index contributed by atoms with van der Waals surface area (Å²) < 4.78 is 2.88. The van der Waals surface area contributed by atoms with Crippen LogP contribution in [0.2, 0.25) is 0 Å². The molecule has 6 heteroatoms. The van der Waals surface area contributed by atoms with E-state index in [0.717, 1.165) is 39.6 Å². The molecule has 0 radical (unpaired) electrons. The lowest BCUT2D eigenvalue weighted by molar-refractivity contribution is 0.102. The molecule has 1 amide bonds. The smallest absolute Gasteiger partial charge is 0.255 e. The van der Waals surface area contributed by atoms with E-state index in [1.165, 1.54) is 12.8 Å². The Hall–Kier alpha value is -2.21. The van der Waals surface area contributed by atoms with Crippen molar-refractivity contribution in [1.82, 2.24) is 15.0 Å². The second kappa shape index (κ2) is 6.59. The zero-order chi connectivity index (χ0) is 17.4. The van der Waals surface area contributed by atoms with E-state index in [0.29, 0.717) is 11.6 Å². The van der Waals surface area contributed by atoms with Crippen molar-refractivity contribution >= 4 is 38.6 Å². The quantitative estimate of drug-likeness (QED) is 0.684. The van der Waals surface area contributed by atoms with E-state index in [1.807, 2.05) is 48.0 Å². The van der Waals surface area contributed by atoms with Gasteiger partial charge in [0.2, 0.25) is 0 Å². The van der Waals surface area contributed by atoms with Crippen LogP contribution >= 0.6 is 15.9 Å². The van der Waals surface area contributed by atoms with Gasteiger partial charge < -0.3 is 5.32 Å². The maximum Gasteiger partial charge on any atom is 0.255 e. The Morgan fingerprint density at radius 1 is 1.20 bits per heavy atom. The molecule has 1 fully saturated rings. The lowest BCUT2D eigenvalue weighted by Crippen LogP contribution is -2.12. The van der Waals surface area contributed by atoms with Crippen LogP contribution in [0.4, 0.5) is 5.69 Å². The number of benzene rings is 2. The summed E-state index contributed by atoms with van der Waals surface area (Å²) in [5.74, 6) is -0.151. The Morgan fingerprint density at radius 2 is 2.00 bits per heavy atom. The summed E-state index contributed by atoms with van der Waals surface area (Å²) in [5, 5.41) is 11.5. The molecule has 128 valence electrons. The highest BCUT2D eigenvalue weighted by Crippen LogP contribution is 2.31. The molecule has 0 unspecified atom stereocenters. The summed E-state index contributed by atoms with van der Waals surface area (Å²) in [7, 11) is 0.